The Balaban J connectivity index is 1.46. The number of hydrogen-bond donors (Lipinski definition) is 2. The molecule has 0 saturated carbocycles. The number of anilines is 1. The van der Waals surface area contributed by atoms with Crippen LogP contribution in [0.5, 0.6) is 5.75 Å². The van der Waals surface area contributed by atoms with Crippen LogP contribution < -0.4 is 20.5 Å². The molecular formula is C27H19F3N4O7S. The highest BCUT2D eigenvalue weighted by molar-refractivity contribution is 7.92. The fourth-order valence-corrected chi connectivity index (χ4v) is 5.38. The second-order valence-electron chi connectivity index (χ2n) is 8.97. The first-order chi connectivity index (χ1) is 19.8. The van der Waals surface area contributed by atoms with E-state index in [1.54, 1.807) is 17.1 Å². The summed E-state index contributed by atoms with van der Waals surface area (Å²) in [4.78, 5) is 46.7. The number of halogens is 3. The van der Waals surface area contributed by atoms with Crippen molar-refractivity contribution in [2.24, 2.45) is 0 Å². The number of H-pyrrole nitrogens is 2. The Labute approximate surface area is 234 Å². The van der Waals surface area contributed by atoms with Crippen molar-refractivity contribution in [2.45, 2.75) is 24.6 Å². The van der Waals surface area contributed by atoms with Gasteiger partial charge in [-0.15, -0.1) is 0 Å². The van der Waals surface area contributed by atoms with E-state index in [1.807, 2.05) is 42.2 Å². The third-order valence-electron chi connectivity index (χ3n) is 6.02. The van der Waals surface area contributed by atoms with E-state index in [9.17, 15) is 36.0 Å². The molecule has 0 atom stereocenters. The summed E-state index contributed by atoms with van der Waals surface area (Å²) in [6, 6.07) is 17.8. The number of aromatic nitrogens is 3. The van der Waals surface area contributed by atoms with Gasteiger partial charge in [0.15, 0.2) is 5.69 Å². The highest BCUT2D eigenvalue weighted by Gasteiger charge is 2.45. The van der Waals surface area contributed by atoms with E-state index in [0.717, 1.165) is 34.3 Å². The second kappa shape index (κ2) is 10.7. The van der Waals surface area contributed by atoms with E-state index < -0.39 is 48.5 Å². The number of carbonyl (C=O) groups is 1. The zero-order valence-corrected chi connectivity index (χ0v) is 22.2. The molecule has 0 saturated heterocycles. The van der Waals surface area contributed by atoms with Crippen LogP contribution in [0.25, 0.3) is 21.7 Å². The number of rotatable bonds is 7. The van der Waals surface area contributed by atoms with Gasteiger partial charge in [-0.25, -0.2) is 9.59 Å². The lowest BCUT2D eigenvalue weighted by Crippen LogP contribution is -2.42. The lowest BCUT2D eigenvalue weighted by atomic mass is 10.1. The number of aryl methyl sites for hydroxylation is 1. The molecule has 42 heavy (non-hydrogen) atoms. The molecule has 0 amide bonds. The predicted molar refractivity (Wildman–Crippen MR) is 144 cm³/mol. The zero-order valence-electron chi connectivity index (χ0n) is 21.4. The lowest BCUT2D eigenvalue weighted by Gasteiger charge is -2.22. The van der Waals surface area contributed by atoms with Crippen LogP contribution in [-0.4, -0.2) is 35.5 Å². The Kier molecular flexibility index (Phi) is 7.20. The minimum absolute atomic E-state index is 0.217. The fraction of sp³-hybridized carbons (Fsp3) is 0.111. The standard InChI is InChI=1S/C27H19F3N4O7S/c1-15-10-18(21-4-2-3-5-22(21)32-15)14-40-19-8-6-17-12-20(9-7-16(17)11-19)42(38,39)34(41-25(36)27(28,29)30)23-13-31-26(37)33-24(23)35/h2-13H,14H2,1H3,(H2,31,33,35,37). The first-order valence-corrected chi connectivity index (χ1v) is 13.5. The maximum atomic E-state index is 13.3. The maximum Gasteiger partial charge on any atom is 0.493 e. The van der Waals surface area contributed by atoms with Crippen LogP contribution in [0.3, 0.4) is 0 Å². The zero-order chi connectivity index (χ0) is 30.2. The van der Waals surface area contributed by atoms with Gasteiger partial charge in [0.2, 0.25) is 0 Å². The van der Waals surface area contributed by atoms with Crippen LogP contribution in [0, 0.1) is 6.92 Å². The van der Waals surface area contributed by atoms with Crippen LogP contribution in [0.2, 0.25) is 0 Å². The van der Waals surface area contributed by atoms with Gasteiger partial charge in [-0.1, -0.05) is 34.8 Å². The van der Waals surface area contributed by atoms with E-state index in [0.29, 0.717) is 22.7 Å². The number of para-hydroxylation sites is 1. The van der Waals surface area contributed by atoms with Crippen molar-refractivity contribution < 1.29 is 36.0 Å². The predicted octanol–water partition coefficient (Wildman–Crippen LogP) is 3.87. The highest BCUT2D eigenvalue weighted by atomic mass is 32.2. The Morgan fingerprint density at radius 3 is 2.45 bits per heavy atom. The molecule has 2 N–H and O–H groups in total. The number of hydrogen-bond acceptors (Lipinski definition) is 8. The molecule has 3 aromatic carbocycles. The molecule has 0 aliphatic heterocycles. The molecule has 5 aromatic rings. The average molecular weight is 601 g/mol. The summed E-state index contributed by atoms with van der Waals surface area (Å²) in [6.07, 6.45) is -5.09. The van der Waals surface area contributed by atoms with Gasteiger partial charge < -0.3 is 14.6 Å². The SMILES string of the molecule is Cc1cc(COc2ccc3cc(S(=O)(=O)N(OC(=O)C(F)(F)F)c4c[nH]c(=O)[nH]c4=O)ccc3c2)c2ccccc2n1. The number of nitrogens with zero attached hydrogens (tertiary/aromatic N) is 2. The van der Waals surface area contributed by atoms with E-state index in [2.05, 4.69) is 9.82 Å². The smallest absolute Gasteiger partial charge is 0.489 e. The number of aromatic amines is 2. The maximum absolute atomic E-state index is 13.3. The van der Waals surface area contributed by atoms with Crippen molar-refractivity contribution >= 4 is 43.4 Å². The largest absolute Gasteiger partial charge is 0.493 e. The number of alkyl halides is 3. The van der Waals surface area contributed by atoms with Gasteiger partial charge in [-0.3, -0.25) is 14.8 Å². The fourth-order valence-electron chi connectivity index (χ4n) is 4.12. The van der Waals surface area contributed by atoms with E-state index in [1.165, 1.54) is 12.1 Å². The van der Waals surface area contributed by atoms with Gasteiger partial charge >= 0.3 is 17.8 Å². The summed E-state index contributed by atoms with van der Waals surface area (Å²) in [7, 11) is -5.11. The van der Waals surface area contributed by atoms with Crippen molar-refractivity contribution in [3.63, 3.8) is 0 Å². The first kappa shape index (κ1) is 28.4. The van der Waals surface area contributed by atoms with Crippen LogP contribution in [0.4, 0.5) is 18.9 Å². The van der Waals surface area contributed by atoms with E-state index in [4.69, 9.17) is 4.74 Å². The summed E-state index contributed by atoms with van der Waals surface area (Å²) >= 11 is 0. The third kappa shape index (κ3) is 5.67. The Morgan fingerprint density at radius 2 is 1.71 bits per heavy atom. The molecule has 0 unspecified atom stereocenters. The molecule has 2 heterocycles. The molecule has 0 aliphatic carbocycles. The van der Waals surface area contributed by atoms with Gasteiger partial charge in [0.05, 0.1) is 10.4 Å². The molecule has 5 rings (SSSR count). The molecule has 216 valence electrons. The summed E-state index contributed by atoms with van der Waals surface area (Å²) < 4.78 is 71.0. The van der Waals surface area contributed by atoms with Crippen LogP contribution in [-0.2, 0) is 26.3 Å². The van der Waals surface area contributed by atoms with Gasteiger partial charge in [0.1, 0.15) is 12.4 Å². The Hall–Kier alpha value is -5.18. The van der Waals surface area contributed by atoms with Crippen LogP contribution in [0.15, 0.2) is 87.4 Å². The number of carbonyl (C=O) groups excluding carboxylic acids is 1. The van der Waals surface area contributed by atoms with Crippen molar-refractivity contribution in [3.05, 3.63) is 105 Å². The quantitative estimate of drug-likeness (QED) is 0.267. The number of nitrogens with one attached hydrogen (secondary N) is 2. The summed E-state index contributed by atoms with van der Waals surface area (Å²) in [6.45, 7) is 2.09. The molecule has 15 heteroatoms. The summed E-state index contributed by atoms with van der Waals surface area (Å²) in [5.74, 6) is -2.45. The monoisotopic (exact) mass is 600 g/mol. The van der Waals surface area contributed by atoms with Crippen LogP contribution in [0.1, 0.15) is 11.3 Å². The minimum Gasteiger partial charge on any atom is -0.489 e. The molecule has 0 aliphatic rings. The van der Waals surface area contributed by atoms with Crippen molar-refractivity contribution in [3.8, 4) is 5.75 Å². The van der Waals surface area contributed by atoms with Gasteiger partial charge in [0, 0.05) is 22.8 Å². The first-order valence-electron chi connectivity index (χ1n) is 12.0. The molecule has 0 spiro atoms. The Bertz CT molecular complexity index is 2080. The topological polar surface area (TPSA) is 152 Å². The second-order valence-corrected chi connectivity index (χ2v) is 10.7. The summed E-state index contributed by atoms with van der Waals surface area (Å²) in [5.41, 5.74) is -1.03. The molecule has 11 nitrogen and oxygen atoms in total. The van der Waals surface area contributed by atoms with E-state index in [-0.39, 0.29) is 6.61 Å². The van der Waals surface area contributed by atoms with E-state index >= 15 is 0 Å². The van der Waals surface area contributed by atoms with Gasteiger partial charge in [-0.05, 0) is 54.1 Å². The molecular weight excluding hydrogens is 581 g/mol. The number of fused-ring (bicyclic) bond motifs is 2. The molecule has 0 bridgehead atoms. The van der Waals surface area contributed by atoms with Gasteiger partial charge in [-0.2, -0.15) is 21.6 Å². The van der Waals surface area contributed by atoms with Crippen molar-refractivity contribution in [1.29, 1.82) is 0 Å². The number of sulfonamides is 1. The average Bonchev–Trinajstić information content (AvgIpc) is 2.93. The summed E-state index contributed by atoms with van der Waals surface area (Å²) in [5, 5.41) is 1.78. The number of ether oxygens (including phenoxy) is 1. The molecule has 2 aromatic heterocycles. The normalized spacial score (nSPS) is 11.9. The minimum atomic E-state index is -5.59. The van der Waals surface area contributed by atoms with Gasteiger partial charge in [0.25, 0.3) is 15.6 Å². The van der Waals surface area contributed by atoms with Crippen LogP contribution >= 0.6 is 0 Å². The Morgan fingerprint density at radius 1 is 1.00 bits per heavy atom. The molecule has 0 fully saturated rings. The third-order valence-corrected chi connectivity index (χ3v) is 7.57. The number of benzene rings is 3. The number of pyridine rings is 1. The van der Waals surface area contributed by atoms with Crippen molar-refractivity contribution in [2.75, 3.05) is 4.47 Å². The lowest BCUT2D eigenvalue weighted by molar-refractivity contribution is -0.199. The van der Waals surface area contributed by atoms with Crippen molar-refractivity contribution in [1.82, 2.24) is 15.0 Å². The molecule has 0 radical (unpaired) electrons. The highest BCUT2D eigenvalue weighted by Crippen LogP contribution is 2.29.